The van der Waals surface area contributed by atoms with Gasteiger partial charge in [0.25, 0.3) is 0 Å². The lowest BCUT2D eigenvalue weighted by atomic mass is 9.80. The molecule has 1 aliphatic rings. The summed E-state index contributed by atoms with van der Waals surface area (Å²) in [6.07, 6.45) is 6.40. The minimum atomic E-state index is 0.555. The van der Waals surface area contributed by atoms with E-state index < -0.39 is 0 Å². The molecule has 1 fully saturated rings. The van der Waals surface area contributed by atoms with Gasteiger partial charge in [0, 0.05) is 44.0 Å². The van der Waals surface area contributed by atoms with Crippen molar-refractivity contribution in [2.75, 3.05) is 4.90 Å². The van der Waals surface area contributed by atoms with E-state index in [0.29, 0.717) is 5.92 Å². The van der Waals surface area contributed by atoms with Gasteiger partial charge in [-0.1, -0.05) is 183 Å². The molecule has 1 aliphatic carbocycles. The fraction of sp³-hybridized carbons (Fsp3) is 0.0938. The number of benzene rings is 10. The minimum Gasteiger partial charge on any atom is -0.456 e. The second kappa shape index (κ2) is 16.4. The maximum Gasteiger partial charge on any atom is 0.136 e. The minimum absolute atomic E-state index is 0.555. The largest absolute Gasteiger partial charge is 0.456 e. The fourth-order valence-corrected chi connectivity index (χ4v) is 11.5. The van der Waals surface area contributed by atoms with Gasteiger partial charge in [0.1, 0.15) is 11.2 Å². The normalized spacial score (nSPS) is 13.3. The second-order valence-electron chi connectivity index (χ2n) is 18.2. The third kappa shape index (κ3) is 6.56. The number of rotatable bonds is 8. The predicted octanol–water partition coefficient (Wildman–Crippen LogP) is 18.4. The summed E-state index contributed by atoms with van der Waals surface area (Å²) in [5, 5.41) is 7.40. The molecule has 0 aliphatic heterocycles. The van der Waals surface area contributed by atoms with Crippen LogP contribution in [-0.4, -0.2) is 4.57 Å². The highest BCUT2D eigenvalue weighted by molar-refractivity contribution is 6.17. The number of para-hydroxylation sites is 5. The van der Waals surface area contributed by atoms with Gasteiger partial charge in [-0.3, -0.25) is 0 Å². The third-order valence-corrected chi connectivity index (χ3v) is 14.4. The van der Waals surface area contributed by atoms with Gasteiger partial charge < -0.3 is 13.9 Å². The van der Waals surface area contributed by atoms with E-state index in [0.717, 1.165) is 61.4 Å². The Morgan fingerprint density at radius 2 is 0.985 bits per heavy atom. The Balaban J connectivity index is 1.08. The summed E-state index contributed by atoms with van der Waals surface area (Å²) in [4.78, 5) is 2.53. The molecule has 2 heterocycles. The molecule has 3 heteroatoms. The molecule has 0 radical (unpaired) electrons. The number of nitrogens with zero attached hydrogens (tertiary/aromatic N) is 2. The van der Waals surface area contributed by atoms with Crippen LogP contribution in [0.1, 0.15) is 43.6 Å². The number of anilines is 3. The molecule has 0 atom stereocenters. The van der Waals surface area contributed by atoms with Crippen LogP contribution >= 0.6 is 0 Å². The molecule has 10 aromatic carbocycles. The van der Waals surface area contributed by atoms with Crippen molar-refractivity contribution >= 4 is 71.6 Å². The first-order chi connectivity index (χ1) is 33.3. The van der Waals surface area contributed by atoms with Crippen LogP contribution in [0.4, 0.5) is 17.1 Å². The topological polar surface area (TPSA) is 21.3 Å². The zero-order valence-corrected chi connectivity index (χ0v) is 37.3. The van der Waals surface area contributed by atoms with Crippen molar-refractivity contribution in [3.63, 3.8) is 0 Å². The van der Waals surface area contributed by atoms with Gasteiger partial charge in [-0.15, -0.1) is 0 Å². The van der Waals surface area contributed by atoms with Gasteiger partial charge in [-0.2, -0.15) is 0 Å². The molecule has 67 heavy (non-hydrogen) atoms. The van der Waals surface area contributed by atoms with Crippen LogP contribution < -0.4 is 4.90 Å². The maximum atomic E-state index is 6.43. The van der Waals surface area contributed by atoms with E-state index in [1.807, 2.05) is 6.07 Å². The van der Waals surface area contributed by atoms with E-state index in [1.54, 1.807) is 0 Å². The molecule has 3 nitrogen and oxygen atoms in total. The van der Waals surface area contributed by atoms with Crippen molar-refractivity contribution in [2.24, 2.45) is 0 Å². The summed E-state index contributed by atoms with van der Waals surface area (Å²) in [7, 11) is 0. The molecule has 0 saturated heterocycles. The van der Waals surface area contributed by atoms with Crippen LogP contribution in [0.5, 0.6) is 0 Å². The van der Waals surface area contributed by atoms with Gasteiger partial charge in [0.05, 0.1) is 22.4 Å². The van der Waals surface area contributed by atoms with Gasteiger partial charge in [-0.25, -0.2) is 0 Å². The molecule has 0 bridgehead atoms. The Morgan fingerprint density at radius 1 is 0.403 bits per heavy atom. The average Bonchev–Trinajstić information content (AvgIpc) is 3.96. The zero-order chi connectivity index (χ0) is 44.3. The van der Waals surface area contributed by atoms with E-state index in [1.165, 1.54) is 86.9 Å². The van der Waals surface area contributed by atoms with Crippen molar-refractivity contribution in [1.82, 2.24) is 4.57 Å². The van der Waals surface area contributed by atoms with Crippen molar-refractivity contribution in [2.45, 2.75) is 38.0 Å². The Hall–Kier alpha value is -8.14. The van der Waals surface area contributed by atoms with Gasteiger partial charge >= 0.3 is 0 Å². The molecule has 13 rings (SSSR count). The predicted molar refractivity (Wildman–Crippen MR) is 282 cm³/mol. The third-order valence-electron chi connectivity index (χ3n) is 14.4. The number of hydrogen-bond donors (Lipinski definition) is 0. The standard InChI is InChI=1S/C64H48N2O/c1-3-20-43(21-4-1)48-32-16-22-44-23-17-34-52(62(44)48)50-28-7-11-36-56(50)66(47-27-15-24-45(42-47)49-33-19-41-61-64(49)55-31-10-14-40-60(55)67-61)57-37-12-8-29-51(57)53-35-18-39-59-63(53)54-30-9-13-38-58(54)65(59)46-25-5-2-6-26-46/h2,5-19,22-43H,1,3-4,20-21H2. The molecular weight excluding hydrogens is 813 g/mol. The fourth-order valence-electron chi connectivity index (χ4n) is 11.5. The lowest BCUT2D eigenvalue weighted by molar-refractivity contribution is 0.445. The van der Waals surface area contributed by atoms with E-state index >= 15 is 0 Å². The molecular formula is C64H48N2O. The van der Waals surface area contributed by atoms with Crippen LogP contribution in [0.15, 0.2) is 229 Å². The maximum absolute atomic E-state index is 6.43. The SMILES string of the molecule is c1ccc(-n2c3ccccc3c3c(-c4ccccc4N(c4cccc(-c5cccc6oc7ccccc7c56)c4)c4ccccc4-c4cccc5cccc(C6CCCCC6)c45)cccc32)cc1. The van der Waals surface area contributed by atoms with Crippen LogP contribution in [-0.2, 0) is 0 Å². The molecule has 12 aromatic rings. The lowest BCUT2D eigenvalue weighted by Gasteiger charge is -2.31. The molecule has 0 unspecified atom stereocenters. The Kier molecular flexibility index (Phi) is 9.60. The molecule has 0 amide bonds. The zero-order valence-electron chi connectivity index (χ0n) is 37.3. The van der Waals surface area contributed by atoms with Crippen molar-refractivity contribution in [3.05, 3.63) is 230 Å². The first-order valence-corrected chi connectivity index (χ1v) is 23.9. The van der Waals surface area contributed by atoms with Crippen molar-refractivity contribution in [1.29, 1.82) is 0 Å². The quantitative estimate of drug-likeness (QED) is 0.152. The van der Waals surface area contributed by atoms with E-state index in [-0.39, 0.29) is 0 Å². The lowest BCUT2D eigenvalue weighted by Crippen LogP contribution is -2.13. The molecule has 320 valence electrons. The summed E-state index contributed by atoms with van der Waals surface area (Å²) in [6.45, 7) is 0. The first-order valence-electron chi connectivity index (χ1n) is 23.9. The Labute approximate surface area is 390 Å². The van der Waals surface area contributed by atoms with Crippen LogP contribution in [0.3, 0.4) is 0 Å². The molecule has 2 aromatic heterocycles. The monoisotopic (exact) mass is 860 g/mol. The van der Waals surface area contributed by atoms with Crippen LogP contribution in [0, 0.1) is 0 Å². The Morgan fingerprint density at radius 3 is 1.79 bits per heavy atom. The van der Waals surface area contributed by atoms with E-state index in [2.05, 4.69) is 228 Å². The number of hydrogen-bond acceptors (Lipinski definition) is 2. The average molecular weight is 861 g/mol. The highest BCUT2D eigenvalue weighted by Crippen LogP contribution is 2.50. The summed E-state index contributed by atoms with van der Waals surface area (Å²) in [5.74, 6) is 0.555. The smallest absolute Gasteiger partial charge is 0.136 e. The highest BCUT2D eigenvalue weighted by atomic mass is 16.3. The van der Waals surface area contributed by atoms with Crippen LogP contribution in [0.2, 0.25) is 0 Å². The summed E-state index contributed by atoms with van der Waals surface area (Å²) in [5.41, 5.74) is 17.2. The van der Waals surface area contributed by atoms with Gasteiger partial charge in [0.2, 0.25) is 0 Å². The Bertz CT molecular complexity index is 3810. The molecule has 0 N–H and O–H groups in total. The van der Waals surface area contributed by atoms with Crippen molar-refractivity contribution in [3.8, 4) is 39.1 Å². The highest BCUT2D eigenvalue weighted by Gasteiger charge is 2.26. The molecule has 0 spiro atoms. The van der Waals surface area contributed by atoms with Gasteiger partial charge in [-0.05, 0) is 118 Å². The van der Waals surface area contributed by atoms with Crippen LogP contribution in [0.25, 0.3) is 93.6 Å². The van der Waals surface area contributed by atoms with Gasteiger partial charge in [0.15, 0.2) is 0 Å². The second-order valence-corrected chi connectivity index (χ2v) is 18.2. The van der Waals surface area contributed by atoms with Crippen molar-refractivity contribution < 1.29 is 4.42 Å². The number of fused-ring (bicyclic) bond motifs is 7. The summed E-state index contributed by atoms with van der Waals surface area (Å²) < 4.78 is 8.85. The number of aromatic nitrogens is 1. The first kappa shape index (κ1) is 39.2. The summed E-state index contributed by atoms with van der Waals surface area (Å²) in [6, 6.07) is 82.4. The number of furan rings is 1. The summed E-state index contributed by atoms with van der Waals surface area (Å²) >= 11 is 0. The van der Waals surface area contributed by atoms with E-state index in [4.69, 9.17) is 4.42 Å². The molecule has 1 saturated carbocycles. The van der Waals surface area contributed by atoms with E-state index in [9.17, 15) is 0 Å².